The molecule has 0 atom stereocenters. The zero-order chi connectivity index (χ0) is 17.6. The van der Waals surface area contributed by atoms with Gasteiger partial charge in [0.15, 0.2) is 11.9 Å². The number of aromatic nitrogens is 1. The number of pyridine rings is 1. The number of anilines is 1. The monoisotopic (exact) mass is 336 g/mol. The Morgan fingerprint density at radius 3 is 2.33 bits per heavy atom. The van der Waals surface area contributed by atoms with Crippen molar-refractivity contribution in [3.8, 4) is 0 Å². The van der Waals surface area contributed by atoms with Gasteiger partial charge < -0.3 is 10.6 Å². The van der Waals surface area contributed by atoms with Gasteiger partial charge in [-0.1, -0.05) is 12.1 Å². The Kier molecular flexibility index (Phi) is 5.35. The van der Waals surface area contributed by atoms with Crippen LogP contribution in [0, 0.1) is 10.8 Å². The highest BCUT2D eigenvalue weighted by Gasteiger charge is 2.29. The van der Waals surface area contributed by atoms with Crippen LogP contribution in [0.4, 0.5) is 18.9 Å². The van der Waals surface area contributed by atoms with Gasteiger partial charge in [0.1, 0.15) is 0 Å². The second kappa shape index (κ2) is 7.44. The Labute approximate surface area is 136 Å². The lowest BCUT2D eigenvalue weighted by atomic mass is 10.1. The molecule has 0 aliphatic heterocycles. The minimum Gasteiger partial charge on any atom is -0.352 e. The molecule has 1 aromatic heterocycles. The molecule has 2 rings (SSSR count). The Hall–Kier alpha value is -3.10. The highest BCUT2D eigenvalue weighted by molar-refractivity contribution is 6.02. The van der Waals surface area contributed by atoms with Crippen LogP contribution in [-0.4, -0.2) is 16.9 Å². The summed E-state index contributed by atoms with van der Waals surface area (Å²) in [5.41, 5.74) is 0.453. The first-order chi connectivity index (χ1) is 11.3. The molecule has 0 saturated heterocycles. The molecule has 1 heterocycles. The number of hydrogen-bond acceptors (Lipinski definition) is 3. The predicted octanol–water partition coefficient (Wildman–Crippen LogP) is 2.76. The van der Waals surface area contributed by atoms with E-state index in [1.54, 1.807) is 18.3 Å². The fraction of sp³-hybridized carbons (Fsp3) is 0.133. The number of nitrogens with zero attached hydrogens (tertiary/aromatic N) is 1. The van der Waals surface area contributed by atoms with Gasteiger partial charge in [0.25, 0.3) is 0 Å². The molecule has 0 spiro atoms. The highest BCUT2D eigenvalue weighted by atomic mass is 19.4. The molecule has 5 N–H and O–H groups in total. The fourth-order valence-electron chi connectivity index (χ4n) is 1.78. The van der Waals surface area contributed by atoms with Crippen LogP contribution in [0.5, 0.6) is 0 Å². The second-order valence-corrected chi connectivity index (χ2v) is 4.79. The van der Waals surface area contributed by atoms with E-state index in [1.165, 1.54) is 18.3 Å². The van der Waals surface area contributed by atoms with Gasteiger partial charge in [0.2, 0.25) is 0 Å². The van der Waals surface area contributed by atoms with E-state index < -0.39 is 11.7 Å². The van der Waals surface area contributed by atoms with Crippen LogP contribution in [0.15, 0.2) is 48.8 Å². The van der Waals surface area contributed by atoms with Crippen LogP contribution < -0.4 is 16.0 Å². The predicted molar refractivity (Wildman–Crippen MR) is 84.7 cm³/mol. The van der Waals surface area contributed by atoms with Crippen molar-refractivity contribution in [1.29, 1.82) is 10.8 Å². The maximum Gasteiger partial charge on any atom is 0.416 e. The van der Waals surface area contributed by atoms with E-state index in [1.807, 2.05) is 0 Å². The van der Waals surface area contributed by atoms with E-state index in [2.05, 4.69) is 20.9 Å². The average molecular weight is 336 g/mol. The van der Waals surface area contributed by atoms with E-state index in [-0.39, 0.29) is 18.5 Å². The van der Waals surface area contributed by atoms with Crippen molar-refractivity contribution in [2.75, 3.05) is 5.32 Å². The molecular weight excluding hydrogens is 321 g/mol. The topological polar surface area (TPSA) is 96.7 Å². The van der Waals surface area contributed by atoms with Crippen molar-refractivity contribution in [2.45, 2.75) is 12.7 Å². The van der Waals surface area contributed by atoms with Gasteiger partial charge in [-0.2, -0.15) is 13.2 Å². The summed E-state index contributed by atoms with van der Waals surface area (Å²) in [4.78, 5) is 3.88. The van der Waals surface area contributed by atoms with Crippen molar-refractivity contribution in [1.82, 2.24) is 15.6 Å². The normalized spacial score (nSPS) is 10.8. The molecule has 0 radical (unpaired) electrons. The largest absolute Gasteiger partial charge is 0.416 e. The lowest BCUT2D eigenvalue weighted by Gasteiger charge is -2.13. The van der Waals surface area contributed by atoms with Crippen LogP contribution in [-0.2, 0) is 12.7 Å². The van der Waals surface area contributed by atoms with Gasteiger partial charge in [0.05, 0.1) is 17.4 Å². The van der Waals surface area contributed by atoms with Gasteiger partial charge in [-0.25, -0.2) is 0 Å². The zero-order valence-electron chi connectivity index (χ0n) is 12.4. The summed E-state index contributed by atoms with van der Waals surface area (Å²) < 4.78 is 37.4. The van der Waals surface area contributed by atoms with Gasteiger partial charge in [-0.05, 0) is 29.8 Å². The van der Waals surface area contributed by atoms with Gasteiger partial charge >= 0.3 is 6.18 Å². The summed E-state index contributed by atoms with van der Waals surface area (Å²) in [5, 5.41) is 23.2. The number of halogens is 3. The average Bonchev–Trinajstić information content (AvgIpc) is 2.53. The lowest BCUT2D eigenvalue weighted by molar-refractivity contribution is -0.137. The molecule has 0 aliphatic rings. The number of hydrogen-bond donors (Lipinski definition) is 5. The molecule has 0 bridgehead atoms. The molecule has 2 aromatic rings. The third-order valence-corrected chi connectivity index (χ3v) is 2.93. The first-order valence-electron chi connectivity index (χ1n) is 6.86. The standard InChI is InChI=1S/C15H15F3N6/c16-15(17,18)11-5-3-10(4-6-11)8-22-13(19)24-14(20)23-12-2-1-7-21-9-12/h1-7,9H,8H2,(H5,19,20,22,23,24). The van der Waals surface area contributed by atoms with Crippen LogP contribution in [0.2, 0.25) is 0 Å². The van der Waals surface area contributed by atoms with E-state index in [4.69, 9.17) is 10.8 Å². The van der Waals surface area contributed by atoms with Crippen molar-refractivity contribution >= 4 is 17.6 Å². The number of alkyl halides is 3. The molecule has 6 nitrogen and oxygen atoms in total. The minimum absolute atomic E-state index is 0.132. The smallest absolute Gasteiger partial charge is 0.352 e. The Morgan fingerprint density at radius 1 is 1.04 bits per heavy atom. The van der Waals surface area contributed by atoms with Crippen molar-refractivity contribution in [3.05, 3.63) is 59.9 Å². The van der Waals surface area contributed by atoms with Crippen LogP contribution in [0.3, 0.4) is 0 Å². The summed E-state index contributed by atoms with van der Waals surface area (Å²) in [7, 11) is 0. The molecule has 0 unspecified atom stereocenters. The Morgan fingerprint density at radius 2 is 1.75 bits per heavy atom. The molecule has 126 valence electrons. The SMILES string of the molecule is N=C(NCc1ccc(C(F)(F)F)cc1)NC(=N)Nc1cccnc1. The Balaban J connectivity index is 1.79. The highest BCUT2D eigenvalue weighted by Crippen LogP contribution is 2.28. The number of nitrogens with one attached hydrogen (secondary N) is 5. The number of rotatable bonds is 3. The maximum atomic E-state index is 12.5. The summed E-state index contributed by atoms with van der Waals surface area (Å²) >= 11 is 0. The third-order valence-electron chi connectivity index (χ3n) is 2.93. The van der Waals surface area contributed by atoms with Crippen LogP contribution in [0.1, 0.15) is 11.1 Å². The molecule has 9 heteroatoms. The molecule has 0 saturated carbocycles. The second-order valence-electron chi connectivity index (χ2n) is 4.79. The van der Waals surface area contributed by atoms with Gasteiger partial charge in [-0.15, -0.1) is 0 Å². The first kappa shape index (κ1) is 17.3. The van der Waals surface area contributed by atoms with Crippen molar-refractivity contribution in [3.63, 3.8) is 0 Å². The first-order valence-corrected chi connectivity index (χ1v) is 6.86. The van der Waals surface area contributed by atoms with Crippen LogP contribution >= 0.6 is 0 Å². The number of benzene rings is 1. The summed E-state index contributed by atoms with van der Waals surface area (Å²) in [6.07, 6.45) is -1.25. The van der Waals surface area contributed by atoms with E-state index in [9.17, 15) is 13.2 Å². The van der Waals surface area contributed by atoms with E-state index >= 15 is 0 Å². The van der Waals surface area contributed by atoms with E-state index in [0.717, 1.165) is 12.1 Å². The summed E-state index contributed by atoms with van der Waals surface area (Å²) in [6.45, 7) is 0.157. The van der Waals surface area contributed by atoms with Crippen molar-refractivity contribution in [2.24, 2.45) is 0 Å². The Bertz CT molecular complexity index is 697. The minimum atomic E-state index is -4.37. The van der Waals surface area contributed by atoms with E-state index in [0.29, 0.717) is 11.3 Å². The lowest BCUT2D eigenvalue weighted by Crippen LogP contribution is -2.42. The molecule has 0 amide bonds. The molecule has 0 fully saturated rings. The van der Waals surface area contributed by atoms with Crippen molar-refractivity contribution < 1.29 is 13.2 Å². The molecular formula is C15H15F3N6. The summed E-state index contributed by atoms with van der Waals surface area (Å²) in [5.74, 6) is -0.288. The number of guanidine groups is 2. The molecule has 1 aromatic carbocycles. The maximum absolute atomic E-state index is 12.5. The molecule has 0 aliphatic carbocycles. The van der Waals surface area contributed by atoms with Crippen LogP contribution in [0.25, 0.3) is 0 Å². The summed E-state index contributed by atoms with van der Waals surface area (Å²) in [6, 6.07) is 8.05. The zero-order valence-corrected chi connectivity index (χ0v) is 12.4. The third kappa shape index (κ3) is 5.27. The quantitative estimate of drug-likeness (QED) is 0.440. The van der Waals surface area contributed by atoms with Gasteiger partial charge in [-0.3, -0.25) is 21.1 Å². The fourth-order valence-corrected chi connectivity index (χ4v) is 1.78. The van der Waals surface area contributed by atoms with Gasteiger partial charge in [0, 0.05) is 12.7 Å². The molecule has 24 heavy (non-hydrogen) atoms.